The van der Waals surface area contributed by atoms with Crippen molar-refractivity contribution in [3.05, 3.63) is 0 Å². The molecule has 4 heteroatoms. The molecule has 1 saturated heterocycles. The Morgan fingerprint density at radius 1 is 1.12 bits per heavy atom. The van der Waals surface area contributed by atoms with Gasteiger partial charge < -0.3 is 10.0 Å². The van der Waals surface area contributed by atoms with Crippen LogP contribution < -0.4 is 0 Å². The molecule has 2 fully saturated rings. The summed E-state index contributed by atoms with van der Waals surface area (Å²) >= 11 is 0. The fourth-order valence-electron chi connectivity index (χ4n) is 3.30. The summed E-state index contributed by atoms with van der Waals surface area (Å²) in [6, 6.07) is -0.602. The molecule has 4 nitrogen and oxygen atoms in total. The number of carboxylic acids is 1. The highest BCUT2D eigenvalue weighted by molar-refractivity contribution is 5.86. The van der Waals surface area contributed by atoms with Gasteiger partial charge in [0.1, 0.15) is 6.04 Å². The standard InChI is InChI=1S/C13H21NO3/c1-8-4-3-5-10(8)12(15)14-7-6-9(2)11(14)13(16)17/h8-11H,3-7H2,1-2H3,(H,16,17). The van der Waals surface area contributed by atoms with Gasteiger partial charge >= 0.3 is 5.97 Å². The molecular formula is C13H21NO3. The first-order valence-corrected chi connectivity index (χ1v) is 6.55. The molecular weight excluding hydrogens is 218 g/mol. The van der Waals surface area contributed by atoms with Crippen molar-refractivity contribution in [3.8, 4) is 0 Å². The highest BCUT2D eigenvalue weighted by Crippen LogP contribution is 2.35. The van der Waals surface area contributed by atoms with Gasteiger partial charge in [0, 0.05) is 12.5 Å². The molecule has 1 aliphatic carbocycles. The Balaban J connectivity index is 2.11. The number of amides is 1. The smallest absolute Gasteiger partial charge is 0.326 e. The number of carbonyl (C=O) groups is 2. The Labute approximate surface area is 102 Å². The molecule has 0 aromatic carbocycles. The molecule has 17 heavy (non-hydrogen) atoms. The summed E-state index contributed by atoms with van der Waals surface area (Å²) < 4.78 is 0. The second-order valence-electron chi connectivity index (χ2n) is 5.60. The minimum atomic E-state index is -0.853. The van der Waals surface area contributed by atoms with Crippen LogP contribution in [0.5, 0.6) is 0 Å². The van der Waals surface area contributed by atoms with E-state index >= 15 is 0 Å². The number of aliphatic carboxylic acids is 1. The molecule has 4 unspecified atom stereocenters. The fraction of sp³-hybridized carbons (Fsp3) is 0.846. The van der Waals surface area contributed by atoms with Gasteiger partial charge in [-0.05, 0) is 31.1 Å². The van der Waals surface area contributed by atoms with Crippen LogP contribution in [-0.2, 0) is 9.59 Å². The third kappa shape index (κ3) is 2.17. The van der Waals surface area contributed by atoms with Crippen LogP contribution in [-0.4, -0.2) is 34.5 Å². The lowest BCUT2D eigenvalue weighted by atomic mass is 9.95. The van der Waals surface area contributed by atoms with Crippen molar-refractivity contribution in [2.75, 3.05) is 6.54 Å². The molecule has 1 aliphatic heterocycles. The number of hydrogen-bond acceptors (Lipinski definition) is 2. The summed E-state index contributed by atoms with van der Waals surface area (Å²) in [5, 5.41) is 9.22. The van der Waals surface area contributed by atoms with Crippen LogP contribution in [0.3, 0.4) is 0 Å². The van der Waals surface area contributed by atoms with Crippen molar-refractivity contribution in [3.63, 3.8) is 0 Å². The van der Waals surface area contributed by atoms with Gasteiger partial charge in [-0.15, -0.1) is 0 Å². The van der Waals surface area contributed by atoms with Crippen molar-refractivity contribution < 1.29 is 14.7 Å². The monoisotopic (exact) mass is 239 g/mol. The summed E-state index contributed by atoms with van der Waals surface area (Å²) in [4.78, 5) is 25.2. The summed E-state index contributed by atoms with van der Waals surface area (Å²) in [6.07, 6.45) is 3.93. The first-order valence-electron chi connectivity index (χ1n) is 6.55. The first kappa shape index (κ1) is 12.4. The second-order valence-corrected chi connectivity index (χ2v) is 5.60. The number of carboxylic acid groups (broad SMARTS) is 1. The summed E-state index contributed by atoms with van der Waals surface area (Å²) in [5.74, 6) is -0.232. The minimum absolute atomic E-state index is 0.0575. The third-order valence-electron chi connectivity index (χ3n) is 4.41. The zero-order valence-corrected chi connectivity index (χ0v) is 10.6. The lowest BCUT2D eigenvalue weighted by Gasteiger charge is -2.27. The lowest BCUT2D eigenvalue weighted by molar-refractivity contribution is -0.151. The Morgan fingerprint density at radius 3 is 2.35 bits per heavy atom. The van der Waals surface area contributed by atoms with Gasteiger partial charge in [-0.2, -0.15) is 0 Å². The Kier molecular flexibility index (Phi) is 3.40. The average molecular weight is 239 g/mol. The van der Waals surface area contributed by atoms with E-state index < -0.39 is 12.0 Å². The molecule has 0 aromatic heterocycles. The molecule has 96 valence electrons. The highest BCUT2D eigenvalue weighted by atomic mass is 16.4. The van der Waals surface area contributed by atoms with Crippen molar-refractivity contribution in [2.24, 2.45) is 17.8 Å². The highest BCUT2D eigenvalue weighted by Gasteiger charge is 2.43. The van der Waals surface area contributed by atoms with Crippen molar-refractivity contribution >= 4 is 11.9 Å². The van der Waals surface area contributed by atoms with Crippen LogP contribution >= 0.6 is 0 Å². The number of nitrogens with zero attached hydrogens (tertiary/aromatic N) is 1. The topological polar surface area (TPSA) is 57.6 Å². The van der Waals surface area contributed by atoms with Gasteiger partial charge in [0.2, 0.25) is 5.91 Å². The van der Waals surface area contributed by atoms with Crippen LogP contribution in [0.25, 0.3) is 0 Å². The molecule has 1 heterocycles. The zero-order chi connectivity index (χ0) is 12.6. The molecule has 1 saturated carbocycles. The zero-order valence-electron chi connectivity index (χ0n) is 10.6. The van der Waals surface area contributed by atoms with E-state index in [0.717, 1.165) is 25.7 Å². The molecule has 4 atom stereocenters. The van der Waals surface area contributed by atoms with E-state index in [1.165, 1.54) is 0 Å². The molecule has 0 spiro atoms. The maximum atomic E-state index is 12.4. The van der Waals surface area contributed by atoms with Crippen LogP contribution in [0, 0.1) is 17.8 Å². The molecule has 1 N–H and O–H groups in total. The lowest BCUT2D eigenvalue weighted by Crippen LogP contribution is -2.45. The van der Waals surface area contributed by atoms with E-state index in [4.69, 9.17) is 0 Å². The fourth-order valence-corrected chi connectivity index (χ4v) is 3.30. The van der Waals surface area contributed by atoms with Crippen molar-refractivity contribution in [2.45, 2.75) is 45.6 Å². The average Bonchev–Trinajstić information content (AvgIpc) is 2.83. The summed E-state index contributed by atoms with van der Waals surface area (Å²) in [7, 11) is 0. The molecule has 2 rings (SSSR count). The number of rotatable bonds is 2. The largest absolute Gasteiger partial charge is 0.480 e. The van der Waals surface area contributed by atoms with Gasteiger partial charge in [0.05, 0.1) is 0 Å². The van der Waals surface area contributed by atoms with Crippen LogP contribution in [0.2, 0.25) is 0 Å². The van der Waals surface area contributed by atoms with Crippen LogP contribution in [0.1, 0.15) is 39.5 Å². The molecule has 1 amide bonds. The van der Waals surface area contributed by atoms with E-state index in [1.54, 1.807) is 4.90 Å². The number of likely N-dealkylation sites (tertiary alicyclic amines) is 1. The van der Waals surface area contributed by atoms with E-state index in [-0.39, 0.29) is 17.7 Å². The van der Waals surface area contributed by atoms with Gasteiger partial charge in [-0.3, -0.25) is 4.79 Å². The molecule has 0 radical (unpaired) electrons. The van der Waals surface area contributed by atoms with E-state index in [0.29, 0.717) is 12.5 Å². The van der Waals surface area contributed by atoms with E-state index in [9.17, 15) is 14.7 Å². The van der Waals surface area contributed by atoms with Gasteiger partial charge in [-0.25, -0.2) is 4.79 Å². The summed E-state index contributed by atoms with van der Waals surface area (Å²) in [6.45, 7) is 4.63. The second kappa shape index (κ2) is 4.67. The Hall–Kier alpha value is -1.06. The van der Waals surface area contributed by atoms with Crippen LogP contribution in [0.4, 0.5) is 0 Å². The van der Waals surface area contributed by atoms with E-state index in [2.05, 4.69) is 6.92 Å². The first-order chi connectivity index (χ1) is 8.02. The van der Waals surface area contributed by atoms with Gasteiger partial charge in [0.15, 0.2) is 0 Å². The van der Waals surface area contributed by atoms with Gasteiger partial charge in [0.25, 0.3) is 0 Å². The molecule has 0 bridgehead atoms. The van der Waals surface area contributed by atoms with Gasteiger partial charge in [-0.1, -0.05) is 20.3 Å². The normalized spacial score (nSPS) is 37.4. The maximum absolute atomic E-state index is 12.4. The van der Waals surface area contributed by atoms with Crippen molar-refractivity contribution in [1.29, 1.82) is 0 Å². The predicted octanol–water partition coefficient (Wildman–Crippen LogP) is 1.74. The Bertz CT molecular complexity index is 329. The summed E-state index contributed by atoms with van der Waals surface area (Å²) in [5.41, 5.74) is 0. The Morgan fingerprint density at radius 2 is 1.82 bits per heavy atom. The predicted molar refractivity (Wildman–Crippen MR) is 63.4 cm³/mol. The number of carbonyl (C=O) groups excluding carboxylic acids is 1. The van der Waals surface area contributed by atoms with Crippen molar-refractivity contribution in [1.82, 2.24) is 4.90 Å². The minimum Gasteiger partial charge on any atom is -0.480 e. The van der Waals surface area contributed by atoms with E-state index in [1.807, 2.05) is 6.92 Å². The SMILES string of the molecule is CC1CCCC1C(=O)N1CCC(C)C1C(=O)O. The molecule has 0 aromatic rings. The maximum Gasteiger partial charge on any atom is 0.326 e. The molecule has 2 aliphatic rings. The quantitative estimate of drug-likeness (QED) is 0.798. The number of hydrogen-bond donors (Lipinski definition) is 1. The van der Waals surface area contributed by atoms with Crippen LogP contribution in [0.15, 0.2) is 0 Å². The third-order valence-corrected chi connectivity index (χ3v) is 4.41.